The minimum absolute atomic E-state index is 0.480. The largest absolute Gasteiger partial charge is 0.311 e. The van der Waals surface area contributed by atoms with Crippen LogP contribution in [0, 0.1) is 0 Å². The molecule has 0 saturated carbocycles. The van der Waals surface area contributed by atoms with Crippen LogP contribution >= 0.6 is 0 Å². The molecule has 0 aromatic carbocycles. The lowest BCUT2D eigenvalue weighted by atomic mass is 11.6. The Labute approximate surface area is 79.2 Å². The zero-order valence-electron chi connectivity index (χ0n) is 8.90. The van der Waals surface area contributed by atoms with Gasteiger partial charge in [-0.25, -0.2) is 0 Å². The van der Waals surface area contributed by atoms with Crippen LogP contribution in [-0.2, 0) is 0 Å². The van der Waals surface area contributed by atoms with Crippen LogP contribution in [0.25, 0.3) is 0 Å². The fraction of sp³-hybridized carbons (Fsp3) is 0.875. The molecule has 0 radical (unpaired) electrons. The van der Waals surface area contributed by atoms with Gasteiger partial charge in [0, 0.05) is 8.80 Å². The molecule has 4 heteroatoms. The molecule has 0 atom stereocenters. The van der Waals surface area contributed by atoms with Crippen molar-refractivity contribution in [3.05, 3.63) is 0 Å². The number of hydrogen-bond donors (Lipinski definition) is 0. The minimum Gasteiger partial charge on any atom is -0.311 e. The molecule has 0 aromatic rings. The quantitative estimate of drug-likeness (QED) is 0.569. The van der Waals surface area contributed by atoms with Gasteiger partial charge in [-0.3, -0.25) is 0 Å². The maximum Gasteiger partial charge on any atom is 0.117 e. The average Bonchev–Trinajstić information content (AvgIpc) is 1.80. The standard InChI is InChI=1S/C8H20OSi3/c1-10-6-11(2,3)8(9)12(4,5)7-10/h10H,6-7H2,1-5H3. The van der Waals surface area contributed by atoms with E-state index in [1.807, 2.05) is 0 Å². The molecule has 1 heterocycles. The molecule has 70 valence electrons. The van der Waals surface area contributed by atoms with Crippen LogP contribution in [0.4, 0.5) is 4.79 Å². The van der Waals surface area contributed by atoms with Gasteiger partial charge in [-0.1, -0.05) is 44.1 Å². The monoisotopic (exact) mass is 216 g/mol. The average molecular weight is 217 g/mol. The van der Waals surface area contributed by atoms with Crippen molar-refractivity contribution in [2.24, 2.45) is 0 Å². The summed E-state index contributed by atoms with van der Waals surface area (Å²) >= 11 is 0. The zero-order valence-corrected chi connectivity index (χ0v) is 12.1. The van der Waals surface area contributed by atoms with E-state index in [4.69, 9.17) is 0 Å². The SMILES string of the molecule is C[SiH]1C[Si](C)(C)C(=O)[Si](C)(C)C1. The van der Waals surface area contributed by atoms with Gasteiger partial charge in [-0.05, 0) is 0 Å². The van der Waals surface area contributed by atoms with Crippen LogP contribution in [0.2, 0.25) is 44.1 Å². The third kappa shape index (κ3) is 1.80. The van der Waals surface area contributed by atoms with Crippen LogP contribution < -0.4 is 0 Å². The number of hydrogen-bond acceptors (Lipinski definition) is 1. The molecule has 0 spiro atoms. The highest BCUT2D eigenvalue weighted by Gasteiger charge is 2.47. The Kier molecular flexibility index (Phi) is 2.53. The van der Waals surface area contributed by atoms with E-state index in [1.54, 1.807) is 0 Å². The fourth-order valence-corrected chi connectivity index (χ4v) is 29.4. The summed E-state index contributed by atoms with van der Waals surface area (Å²) in [6.45, 7) is 11.6. The van der Waals surface area contributed by atoms with Gasteiger partial charge in [-0.15, -0.1) is 0 Å². The Morgan fingerprint density at radius 1 is 1.08 bits per heavy atom. The lowest BCUT2D eigenvalue weighted by Crippen LogP contribution is -2.59. The summed E-state index contributed by atoms with van der Waals surface area (Å²) in [5, 5.41) is 0.751. The van der Waals surface area contributed by atoms with Crippen molar-refractivity contribution in [2.45, 2.75) is 44.1 Å². The maximum atomic E-state index is 12.1. The Morgan fingerprint density at radius 3 is 1.75 bits per heavy atom. The minimum atomic E-state index is -1.41. The van der Waals surface area contributed by atoms with E-state index in [2.05, 4.69) is 32.7 Å². The Morgan fingerprint density at radius 2 is 1.42 bits per heavy atom. The van der Waals surface area contributed by atoms with Crippen molar-refractivity contribution in [1.82, 2.24) is 0 Å². The summed E-state index contributed by atoms with van der Waals surface area (Å²) in [5.74, 6) is 0. The summed E-state index contributed by atoms with van der Waals surface area (Å²) in [5.41, 5.74) is 2.73. The fourth-order valence-electron chi connectivity index (χ4n) is 2.92. The summed E-state index contributed by atoms with van der Waals surface area (Å²) in [6, 6.07) is 0. The van der Waals surface area contributed by atoms with Crippen molar-refractivity contribution in [2.75, 3.05) is 0 Å². The Bertz CT molecular complexity index is 190. The van der Waals surface area contributed by atoms with Crippen LogP contribution in [0.5, 0.6) is 0 Å². The number of carbonyl (C=O) groups is 1. The molecule has 0 aromatic heterocycles. The normalized spacial score (nSPS) is 28.9. The highest BCUT2D eigenvalue weighted by Crippen LogP contribution is 2.31. The summed E-state index contributed by atoms with van der Waals surface area (Å²) in [4.78, 5) is 12.1. The molecule has 0 aliphatic carbocycles. The van der Waals surface area contributed by atoms with Gasteiger partial charge in [0.25, 0.3) is 0 Å². The highest BCUT2D eigenvalue weighted by molar-refractivity contribution is 7.37. The summed E-state index contributed by atoms with van der Waals surface area (Å²) in [6.07, 6.45) is 0. The smallest absolute Gasteiger partial charge is 0.117 e. The second-order valence-corrected chi connectivity index (χ2v) is 20.0. The second-order valence-electron chi connectivity index (χ2n) is 5.61. The van der Waals surface area contributed by atoms with Crippen molar-refractivity contribution in [3.8, 4) is 0 Å². The van der Waals surface area contributed by atoms with Gasteiger partial charge >= 0.3 is 0 Å². The Hall–Kier alpha value is 0.321. The number of carbonyl (C=O) groups excluding carboxylic acids is 1. The first-order chi connectivity index (χ1) is 5.26. The molecule has 1 fully saturated rings. The summed E-state index contributed by atoms with van der Waals surface area (Å²) < 4.78 is 0. The topological polar surface area (TPSA) is 17.1 Å². The third-order valence-electron chi connectivity index (χ3n) is 2.95. The third-order valence-corrected chi connectivity index (χ3v) is 23.2. The molecule has 1 rings (SSSR count). The molecule has 0 N–H and O–H groups in total. The first kappa shape index (κ1) is 10.4. The molecular formula is C8H20OSi3. The molecule has 0 bridgehead atoms. The Balaban J connectivity index is 2.91. The predicted molar refractivity (Wildman–Crippen MR) is 63.0 cm³/mol. The van der Waals surface area contributed by atoms with Gasteiger partial charge in [0.15, 0.2) is 0 Å². The number of rotatable bonds is 0. The van der Waals surface area contributed by atoms with Crippen molar-refractivity contribution < 1.29 is 4.79 Å². The maximum absolute atomic E-state index is 12.1. The highest BCUT2D eigenvalue weighted by atomic mass is 28.4. The lowest BCUT2D eigenvalue weighted by Gasteiger charge is -2.39. The molecule has 0 amide bonds. The molecule has 1 saturated heterocycles. The first-order valence-corrected chi connectivity index (χ1v) is 14.0. The van der Waals surface area contributed by atoms with Crippen molar-refractivity contribution >= 4 is 30.0 Å². The zero-order chi connectivity index (χ0) is 9.57. The molecule has 0 unspecified atom stereocenters. The second kappa shape index (κ2) is 2.92. The van der Waals surface area contributed by atoms with E-state index in [0.717, 1.165) is 5.03 Å². The first-order valence-electron chi connectivity index (χ1n) is 4.81. The van der Waals surface area contributed by atoms with Crippen LogP contribution in [0.3, 0.4) is 0 Å². The van der Waals surface area contributed by atoms with Crippen LogP contribution in [0.15, 0.2) is 0 Å². The van der Waals surface area contributed by atoms with Gasteiger partial charge in [-0.2, -0.15) is 0 Å². The lowest BCUT2D eigenvalue weighted by molar-refractivity contribution is 0.271. The molecule has 1 aliphatic heterocycles. The summed E-state index contributed by atoms with van der Waals surface area (Å²) in [7, 11) is -3.30. The van der Waals surface area contributed by atoms with Crippen molar-refractivity contribution in [1.29, 1.82) is 0 Å². The predicted octanol–water partition coefficient (Wildman–Crippen LogP) is 2.64. The molecule has 1 nitrogen and oxygen atoms in total. The van der Waals surface area contributed by atoms with Crippen LogP contribution in [0.1, 0.15) is 0 Å². The van der Waals surface area contributed by atoms with Gasteiger partial charge in [0.1, 0.15) is 16.1 Å². The molecule has 1 aliphatic rings. The van der Waals surface area contributed by atoms with E-state index in [-0.39, 0.29) is 0 Å². The van der Waals surface area contributed by atoms with E-state index in [1.165, 1.54) is 11.3 Å². The van der Waals surface area contributed by atoms with Gasteiger partial charge in [0.2, 0.25) is 0 Å². The van der Waals surface area contributed by atoms with Crippen molar-refractivity contribution in [3.63, 3.8) is 0 Å². The van der Waals surface area contributed by atoms with Gasteiger partial charge < -0.3 is 4.79 Å². The van der Waals surface area contributed by atoms with Gasteiger partial charge in [0.05, 0.1) is 5.03 Å². The van der Waals surface area contributed by atoms with Crippen LogP contribution in [-0.4, -0.2) is 30.0 Å². The van der Waals surface area contributed by atoms with E-state index in [9.17, 15) is 4.79 Å². The van der Waals surface area contributed by atoms with E-state index in [0.29, 0.717) is 0 Å². The molecule has 12 heavy (non-hydrogen) atoms. The van der Waals surface area contributed by atoms with E-state index < -0.39 is 24.9 Å². The molecular weight excluding hydrogens is 196 g/mol. The van der Waals surface area contributed by atoms with E-state index >= 15 is 0 Å².